The minimum absolute atomic E-state index is 0.112. The molecular weight excluding hydrogens is 326 g/mol. The van der Waals surface area contributed by atoms with Crippen molar-refractivity contribution in [2.75, 3.05) is 0 Å². The van der Waals surface area contributed by atoms with Gasteiger partial charge in [0.25, 0.3) is 5.91 Å². The van der Waals surface area contributed by atoms with Crippen LogP contribution in [0.2, 0.25) is 0 Å². The molecule has 0 aliphatic rings. The van der Waals surface area contributed by atoms with Gasteiger partial charge in [-0.2, -0.15) is 0 Å². The largest absolute Gasteiger partial charge is 0.356 e. The third-order valence-corrected chi connectivity index (χ3v) is 3.95. The number of benzene rings is 2. The number of rotatable bonds is 4. The third kappa shape index (κ3) is 3.74. The van der Waals surface area contributed by atoms with E-state index in [1.54, 1.807) is 6.07 Å². The van der Waals surface area contributed by atoms with E-state index in [2.05, 4.69) is 10.5 Å². The van der Waals surface area contributed by atoms with Crippen LogP contribution in [-0.2, 0) is 6.54 Å². The van der Waals surface area contributed by atoms with Crippen molar-refractivity contribution in [3.63, 3.8) is 0 Å². The molecule has 4 nitrogen and oxygen atoms in total. The Labute approximate surface area is 143 Å². The van der Waals surface area contributed by atoms with E-state index in [0.717, 1.165) is 23.3 Å². The molecule has 0 saturated heterocycles. The maximum Gasteiger partial charge on any atom is 0.251 e. The predicted molar refractivity (Wildman–Crippen MR) is 88.9 cm³/mol. The number of nitrogens with one attached hydrogen (secondary N) is 1. The van der Waals surface area contributed by atoms with E-state index in [1.165, 1.54) is 12.1 Å². The first-order valence-corrected chi connectivity index (χ1v) is 7.70. The van der Waals surface area contributed by atoms with Crippen LogP contribution >= 0.6 is 0 Å². The topological polar surface area (TPSA) is 55.1 Å². The van der Waals surface area contributed by atoms with Gasteiger partial charge in [-0.15, -0.1) is 0 Å². The van der Waals surface area contributed by atoms with Crippen LogP contribution in [0.15, 0.2) is 47.0 Å². The number of hydrogen-bond acceptors (Lipinski definition) is 3. The molecule has 25 heavy (non-hydrogen) atoms. The molecule has 0 spiro atoms. The van der Waals surface area contributed by atoms with E-state index >= 15 is 0 Å². The minimum atomic E-state index is -0.734. The van der Waals surface area contributed by atoms with E-state index < -0.39 is 11.6 Å². The molecule has 128 valence electrons. The van der Waals surface area contributed by atoms with E-state index in [-0.39, 0.29) is 23.8 Å². The maximum atomic E-state index is 13.8. The van der Waals surface area contributed by atoms with Gasteiger partial charge in [0.2, 0.25) is 0 Å². The normalized spacial score (nSPS) is 10.7. The summed E-state index contributed by atoms with van der Waals surface area (Å²) in [6, 6.07) is 10.2. The number of aryl methyl sites for hydroxylation is 2. The zero-order valence-electron chi connectivity index (χ0n) is 13.8. The molecule has 3 rings (SSSR count). The van der Waals surface area contributed by atoms with Crippen LogP contribution < -0.4 is 5.32 Å². The van der Waals surface area contributed by atoms with Crippen LogP contribution in [0, 0.1) is 25.5 Å². The number of hydrogen-bond donors (Lipinski definition) is 1. The lowest BCUT2D eigenvalue weighted by molar-refractivity contribution is 0.0950. The molecule has 0 aliphatic carbocycles. The molecule has 0 saturated carbocycles. The standard InChI is InChI=1S/C19H16F2N2O2/c1-11-3-4-13(7-12(11)2)19(24)22-10-15-9-18(25-23-15)16-6-5-14(20)8-17(16)21/h3-9H,10H2,1-2H3,(H,22,24). The van der Waals surface area contributed by atoms with Gasteiger partial charge < -0.3 is 9.84 Å². The summed E-state index contributed by atoms with van der Waals surface area (Å²) < 4.78 is 31.8. The molecule has 2 aromatic carbocycles. The monoisotopic (exact) mass is 342 g/mol. The Bertz CT molecular complexity index is 935. The first-order chi connectivity index (χ1) is 11.9. The first-order valence-electron chi connectivity index (χ1n) is 7.70. The second-order valence-electron chi connectivity index (χ2n) is 5.79. The molecule has 6 heteroatoms. The number of aromatic nitrogens is 1. The van der Waals surface area contributed by atoms with Crippen molar-refractivity contribution < 1.29 is 18.1 Å². The Morgan fingerprint density at radius 3 is 2.60 bits per heavy atom. The predicted octanol–water partition coefficient (Wildman–Crippen LogP) is 4.17. The molecule has 0 fully saturated rings. The summed E-state index contributed by atoms with van der Waals surface area (Å²) in [7, 11) is 0. The van der Waals surface area contributed by atoms with E-state index in [4.69, 9.17) is 4.52 Å². The van der Waals surface area contributed by atoms with Gasteiger partial charge in [-0.05, 0) is 49.2 Å². The van der Waals surface area contributed by atoms with E-state index in [9.17, 15) is 13.6 Å². The highest BCUT2D eigenvalue weighted by atomic mass is 19.1. The number of carbonyl (C=O) groups is 1. The molecule has 1 heterocycles. The smallest absolute Gasteiger partial charge is 0.251 e. The van der Waals surface area contributed by atoms with Crippen LogP contribution in [0.1, 0.15) is 27.2 Å². The van der Waals surface area contributed by atoms with Crippen molar-refractivity contribution in [2.45, 2.75) is 20.4 Å². The summed E-state index contributed by atoms with van der Waals surface area (Å²) in [6.45, 7) is 4.05. The summed E-state index contributed by atoms with van der Waals surface area (Å²) in [6.07, 6.45) is 0. The van der Waals surface area contributed by atoms with Gasteiger partial charge in [0, 0.05) is 17.7 Å². The maximum absolute atomic E-state index is 13.8. The van der Waals surface area contributed by atoms with Crippen LogP contribution in [0.25, 0.3) is 11.3 Å². The zero-order chi connectivity index (χ0) is 18.0. The first kappa shape index (κ1) is 16.8. The van der Waals surface area contributed by atoms with Crippen LogP contribution in [0.4, 0.5) is 8.78 Å². The van der Waals surface area contributed by atoms with Crippen molar-refractivity contribution in [3.8, 4) is 11.3 Å². The molecule has 0 bridgehead atoms. The van der Waals surface area contributed by atoms with Gasteiger partial charge in [-0.25, -0.2) is 8.78 Å². The van der Waals surface area contributed by atoms with Gasteiger partial charge >= 0.3 is 0 Å². The van der Waals surface area contributed by atoms with Gasteiger partial charge in [0.15, 0.2) is 5.76 Å². The Kier molecular flexibility index (Phi) is 4.61. The molecule has 0 aliphatic heterocycles. The van der Waals surface area contributed by atoms with Gasteiger partial charge in [-0.3, -0.25) is 4.79 Å². The second-order valence-corrected chi connectivity index (χ2v) is 5.79. The zero-order valence-corrected chi connectivity index (χ0v) is 13.8. The molecule has 0 unspecified atom stereocenters. The van der Waals surface area contributed by atoms with Gasteiger partial charge in [0.1, 0.15) is 17.3 Å². The van der Waals surface area contributed by atoms with E-state index in [0.29, 0.717) is 11.3 Å². The number of carbonyl (C=O) groups excluding carboxylic acids is 1. The molecule has 0 atom stereocenters. The number of nitrogens with zero attached hydrogens (tertiary/aromatic N) is 1. The summed E-state index contributed by atoms with van der Waals surface area (Å²) in [4.78, 5) is 12.2. The lowest BCUT2D eigenvalue weighted by Gasteiger charge is -2.05. The van der Waals surface area contributed by atoms with Crippen LogP contribution in [0.3, 0.4) is 0 Å². The quantitative estimate of drug-likeness (QED) is 0.774. The Balaban J connectivity index is 1.69. The molecular formula is C19H16F2N2O2. The summed E-state index contributed by atoms with van der Waals surface area (Å²) in [5.74, 6) is -1.46. The fourth-order valence-corrected chi connectivity index (χ4v) is 2.37. The van der Waals surface area contributed by atoms with Crippen LogP contribution in [0.5, 0.6) is 0 Å². The fourth-order valence-electron chi connectivity index (χ4n) is 2.37. The summed E-state index contributed by atoms with van der Waals surface area (Å²) >= 11 is 0. The Morgan fingerprint density at radius 2 is 1.88 bits per heavy atom. The molecule has 1 aromatic heterocycles. The fraction of sp³-hybridized carbons (Fsp3) is 0.158. The van der Waals surface area contributed by atoms with Crippen molar-refractivity contribution in [1.82, 2.24) is 10.5 Å². The summed E-state index contributed by atoms with van der Waals surface area (Å²) in [5, 5.41) is 6.54. The SMILES string of the molecule is Cc1ccc(C(=O)NCc2cc(-c3ccc(F)cc3F)on2)cc1C. The average molecular weight is 342 g/mol. The molecule has 0 radical (unpaired) electrons. The highest BCUT2D eigenvalue weighted by Gasteiger charge is 2.13. The van der Waals surface area contributed by atoms with Gasteiger partial charge in [-0.1, -0.05) is 11.2 Å². The lowest BCUT2D eigenvalue weighted by atomic mass is 10.1. The molecule has 1 N–H and O–H groups in total. The number of amides is 1. The highest BCUT2D eigenvalue weighted by molar-refractivity contribution is 5.94. The molecule has 3 aromatic rings. The lowest BCUT2D eigenvalue weighted by Crippen LogP contribution is -2.23. The van der Waals surface area contributed by atoms with Crippen molar-refractivity contribution in [1.29, 1.82) is 0 Å². The van der Waals surface area contributed by atoms with Crippen LogP contribution in [-0.4, -0.2) is 11.1 Å². The summed E-state index contributed by atoms with van der Waals surface area (Å²) in [5.41, 5.74) is 3.25. The Hall–Kier alpha value is -3.02. The van der Waals surface area contributed by atoms with Crippen molar-refractivity contribution in [2.24, 2.45) is 0 Å². The van der Waals surface area contributed by atoms with E-state index in [1.807, 2.05) is 26.0 Å². The highest BCUT2D eigenvalue weighted by Crippen LogP contribution is 2.24. The molecule has 1 amide bonds. The average Bonchev–Trinajstić information content (AvgIpc) is 3.04. The Morgan fingerprint density at radius 1 is 1.08 bits per heavy atom. The van der Waals surface area contributed by atoms with Crippen molar-refractivity contribution in [3.05, 3.63) is 76.5 Å². The van der Waals surface area contributed by atoms with Gasteiger partial charge in [0.05, 0.1) is 12.1 Å². The number of halogens is 2. The minimum Gasteiger partial charge on any atom is -0.356 e. The second kappa shape index (κ2) is 6.84. The third-order valence-electron chi connectivity index (χ3n) is 3.95. The van der Waals surface area contributed by atoms with Crippen molar-refractivity contribution >= 4 is 5.91 Å².